The fourth-order valence-electron chi connectivity index (χ4n) is 24.5. The summed E-state index contributed by atoms with van der Waals surface area (Å²) in [5.41, 5.74) is 47.7. The standard InChI is InChI=1S/C138H108N2S2/c1-133(2,3)88-62-70-105-106-71-63-89(134(4,5)6)79-122(106)137(121(105)78-88)117-54-30-25-47-103(117)114-82-92(66-74-119(114)137)139(125-56-32-27-49-109(125)100-44-22-21-43-99(100)98-42-20-19-41-95(98)85-37-15-13-16-38-85)93-68-76-129-116(84-93)111-53-35-52-97(132(111)142-129)87-61-69-96(86-39-17-14-18-40-86)113(77-87)102-46-24-23-45-101(102)110-50-28-33-57-126(110)140(127-58-36-60-130-131(127)112-51-29-34-59-128(112)141-130)94-67-75-120-115(83-94)104-48-26-31-55-118(104)138(120)123-80-90(135(7,8)9)64-72-107(123)108-73-65-91(81-124(108)138)136(10,11)12/h13-84H,1-12H3. The van der Waals surface area contributed by atoms with E-state index in [1.54, 1.807) is 0 Å². The Morgan fingerprint density at radius 2 is 0.507 bits per heavy atom. The van der Waals surface area contributed by atoms with Crippen molar-refractivity contribution in [3.63, 3.8) is 0 Å². The van der Waals surface area contributed by atoms with Gasteiger partial charge in [-0.1, -0.05) is 441 Å². The molecule has 0 aliphatic heterocycles. The first-order valence-corrected chi connectivity index (χ1v) is 51.9. The van der Waals surface area contributed by atoms with Crippen molar-refractivity contribution in [1.29, 1.82) is 0 Å². The molecule has 4 aliphatic rings. The summed E-state index contributed by atoms with van der Waals surface area (Å²) >= 11 is 3.77. The largest absolute Gasteiger partial charge is 0.310 e. The van der Waals surface area contributed by atoms with E-state index >= 15 is 0 Å². The summed E-state index contributed by atoms with van der Waals surface area (Å²) < 4.78 is 4.98. The van der Waals surface area contributed by atoms with Crippen molar-refractivity contribution in [3.8, 4) is 122 Å². The Morgan fingerprint density at radius 1 is 0.176 bits per heavy atom. The molecule has 0 fully saturated rings. The van der Waals surface area contributed by atoms with Gasteiger partial charge in [0.1, 0.15) is 0 Å². The van der Waals surface area contributed by atoms with E-state index in [4.69, 9.17) is 0 Å². The summed E-state index contributed by atoms with van der Waals surface area (Å²) in [6.07, 6.45) is 0. The monoisotopic (exact) mass is 1860 g/mol. The molecular weight excluding hydrogens is 1750 g/mol. The SMILES string of the molecule is CC(C)(C)c1ccc2c(c1)C1(c3ccccc3-c3cc(N(c4ccc5sc6c(-c7ccc(-c8ccccc8)c(-c8ccccc8-c8ccccc8N(c8ccc9c(c8)-c8ccccc8C98c9cc(C(C)(C)C)ccc9-c9ccc(C(C)(C)C)cc98)c8cccc9sc%10ccccc%10c89)c7)cccc6c5c4)c4ccccc4-c4ccccc4-c4ccccc4-c4ccccc4)ccc31)c1cc(C(C)(C)C)ccc1-2. The Morgan fingerprint density at radius 3 is 1.01 bits per heavy atom. The van der Waals surface area contributed by atoms with Crippen molar-refractivity contribution in [2.24, 2.45) is 0 Å². The predicted molar refractivity (Wildman–Crippen MR) is 607 cm³/mol. The number of hydrogen-bond donors (Lipinski definition) is 0. The Balaban J connectivity index is 0.647. The van der Waals surface area contributed by atoms with E-state index in [9.17, 15) is 0 Å². The number of hydrogen-bond acceptors (Lipinski definition) is 4. The lowest BCUT2D eigenvalue weighted by Gasteiger charge is -2.33. The zero-order valence-corrected chi connectivity index (χ0v) is 83.9. The van der Waals surface area contributed by atoms with Crippen molar-refractivity contribution in [3.05, 3.63) is 504 Å². The van der Waals surface area contributed by atoms with Crippen molar-refractivity contribution < 1.29 is 0 Å². The van der Waals surface area contributed by atoms with E-state index in [1.807, 2.05) is 22.7 Å². The van der Waals surface area contributed by atoms with Crippen molar-refractivity contribution in [2.45, 2.75) is 116 Å². The molecule has 4 heteroatoms. The van der Waals surface area contributed by atoms with Crippen LogP contribution in [0.1, 0.15) is 150 Å². The average Bonchev–Trinajstić information content (AvgIpc) is 1.51. The van der Waals surface area contributed by atoms with Crippen LogP contribution in [0.3, 0.4) is 0 Å². The third-order valence-electron chi connectivity index (χ3n) is 31.4. The Hall–Kier alpha value is -15.6. The maximum atomic E-state index is 2.61. The van der Waals surface area contributed by atoms with Crippen LogP contribution in [-0.4, -0.2) is 0 Å². The molecule has 2 heterocycles. The quantitative estimate of drug-likeness (QED) is 0.114. The molecule has 0 unspecified atom stereocenters. The van der Waals surface area contributed by atoms with Crippen LogP contribution < -0.4 is 9.80 Å². The Labute approximate surface area is 841 Å². The average molecular weight is 1860 g/mol. The molecule has 0 saturated carbocycles. The maximum Gasteiger partial charge on any atom is 0.0725 e. The molecule has 22 aromatic rings. The maximum absolute atomic E-state index is 2.61. The van der Waals surface area contributed by atoms with E-state index in [-0.39, 0.29) is 21.7 Å². The van der Waals surface area contributed by atoms with Gasteiger partial charge in [0.05, 0.1) is 27.9 Å². The van der Waals surface area contributed by atoms with Gasteiger partial charge >= 0.3 is 0 Å². The van der Waals surface area contributed by atoms with Crippen LogP contribution in [0.5, 0.6) is 0 Å². The third-order valence-corrected chi connectivity index (χ3v) is 33.8. The van der Waals surface area contributed by atoms with Gasteiger partial charge in [0.2, 0.25) is 0 Å². The van der Waals surface area contributed by atoms with E-state index in [2.05, 4.69) is 530 Å². The van der Waals surface area contributed by atoms with E-state index < -0.39 is 10.8 Å². The van der Waals surface area contributed by atoms with E-state index in [0.29, 0.717) is 0 Å². The van der Waals surface area contributed by atoms with Gasteiger partial charge in [-0.05, 0) is 279 Å². The Bertz CT molecular complexity index is 8840. The second-order valence-electron chi connectivity index (χ2n) is 43.6. The summed E-state index contributed by atoms with van der Waals surface area (Å²) in [5.74, 6) is 0. The zero-order chi connectivity index (χ0) is 96.2. The molecule has 4 aliphatic carbocycles. The topological polar surface area (TPSA) is 6.48 Å². The van der Waals surface area contributed by atoms with Gasteiger partial charge in [0, 0.05) is 68.5 Å². The minimum absolute atomic E-state index is 0.0748. The number of anilines is 6. The number of para-hydroxylation sites is 2. The highest BCUT2D eigenvalue weighted by Gasteiger charge is 2.55. The molecule has 0 amide bonds. The van der Waals surface area contributed by atoms with Gasteiger partial charge in [-0.3, -0.25) is 0 Å². The summed E-state index contributed by atoms with van der Waals surface area (Å²) in [7, 11) is 0. The zero-order valence-electron chi connectivity index (χ0n) is 82.3. The molecule has 0 saturated heterocycles. The summed E-state index contributed by atoms with van der Waals surface area (Å²) in [4.78, 5) is 5.19. The molecule has 0 N–H and O–H groups in total. The normalized spacial score (nSPS) is 13.5. The number of benzene rings is 20. The lowest BCUT2D eigenvalue weighted by atomic mass is 9.69. The van der Waals surface area contributed by atoms with Gasteiger partial charge in [-0.2, -0.15) is 0 Å². The van der Waals surface area contributed by atoms with Gasteiger partial charge in [-0.15, -0.1) is 22.7 Å². The van der Waals surface area contributed by atoms with Crippen LogP contribution in [0, 0.1) is 0 Å². The van der Waals surface area contributed by atoms with Crippen LogP contribution in [0.15, 0.2) is 437 Å². The molecule has 2 aromatic heterocycles. The van der Waals surface area contributed by atoms with Crippen molar-refractivity contribution in [2.75, 3.05) is 9.80 Å². The first-order valence-electron chi connectivity index (χ1n) is 50.2. The van der Waals surface area contributed by atoms with Gasteiger partial charge < -0.3 is 9.80 Å². The van der Waals surface area contributed by atoms with Crippen LogP contribution in [0.25, 0.3) is 163 Å². The van der Waals surface area contributed by atoms with E-state index in [0.717, 1.165) is 84.2 Å². The van der Waals surface area contributed by atoms with Gasteiger partial charge in [0.15, 0.2) is 0 Å². The molecule has 2 spiro atoms. The molecule has 0 atom stereocenters. The molecule has 0 radical (unpaired) electrons. The molecule has 2 nitrogen and oxygen atoms in total. The number of thiophene rings is 2. The minimum Gasteiger partial charge on any atom is -0.310 e. The number of fused-ring (bicyclic) bond motifs is 26. The first-order chi connectivity index (χ1) is 69.0. The second-order valence-corrected chi connectivity index (χ2v) is 45.8. The highest BCUT2D eigenvalue weighted by atomic mass is 32.1. The minimum atomic E-state index is -0.578. The molecule has 26 rings (SSSR count). The van der Waals surface area contributed by atoms with Crippen LogP contribution >= 0.6 is 22.7 Å². The Kier molecular flexibility index (Phi) is 19.9. The molecule has 682 valence electrons. The van der Waals surface area contributed by atoms with Crippen LogP contribution in [0.4, 0.5) is 34.1 Å². The highest BCUT2D eigenvalue weighted by molar-refractivity contribution is 7.26. The highest BCUT2D eigenvalue weighted by Crippen LogP contribution is 2.68. The molecule has 142 heavy (non-hydrogen) atoms. The first kappa shape index (κ1) is 86.8. The van der Waals surface area contributed by atoms with Crippen molar-refractivity contribution in [1.82, 2.24) is 0 Å². The van der Waals surface area contributed by atoms with Gasteiger partial charge in [0.25, 0.3) is 0 Å². The third kappa shape index (κ3) is 13.4. The summed E-state index contributed by atoms with van der Waals surface area (Å²) in [6.45, 7) is 28.3. The second kappa shape index (κ2) is 32.5. The number of rotatable bonds is 13. The fourth-order valence-corrected chi connectivity index (χ4v) is 26.9. The molecule has 20 aromatic carbocycles. The van der Waals surface area contributed by atoms with Crippen molar-refractivity contribution >= 4 is 97.1 Å². The van der Waals surface area contributed by atoms with Crippen LogP contribution in [0.2, 0.25) is 0 Å². The van der Waals surface area contributed by atoms with Gasteiger partial charge in [-0.25, -0.2) is 0 Å². The summed E-state index contributed by atoms with van der Waals surface area (Å²) in [6, 6.07) is 168. The smallest absolute Gasteiger partial charge is 0.0725 e. The number of nitrogens with zero attached hydrogens (tertiary/aromatic N) is 2. The molecule has 0 bridgehead atoms. The molecular formula is C138H108N2S2. The summed E-state index contributed by atoms with van der Waals surface area (Å²) in [5, 5.41) is 4.91. The van der Waals surface area contributed by atoms with Crippen LogP contribution in [-0.2, 0) is 32.5 Å². The lowest BCUT2D eigenvalue weighted by Crippen LogP contribution is -2.27. The lowest BCUT2D eigenvalue weighted by molar-refractivity contribution is 0.586. The van der Waals surface area contributed by atoms with E-state index in [1.165, 1.54) is 179 Å². The fraction of sp³-hybridized carbons (Fsp3) is 0.130. The predicted octanol–water partition coefficient (Wildman–Crippen LogP) is 38.9.